The Morgan fingerprint density at radius 3 is 2.81 bits per heavy atom. The monoisotopic (exact) mass is 321 g/mol. The van der Waals surface area contributed by atoms with Gasteiger partial charge in [-0.25, -0.2) is 4.98 Å². The zero-order valence-electron chi connectivity index (χ0n) is 10.6. The summed E-state index contributed by atoms with van der Waals surface area (Å²) in [5.41, 5.74) is 0.426. The van der Waals surface area contributed by atoms with Crippen LogP contribution >= 0.6 is 23.2 Å². The van der Waals surface area contributed by atoms with Crippen molar-refractivity contribution in [3.05, 3.63) is 52.3 Å². The predicted octanol–water partition coefficient (Wildman–Crippen LogP) is 3.54. The minimum Gasteiger partial charge on any atom is -0.477 e. The number of hydrogen-bond donors (Lipinski definition) is 1. The molecule has 0 atom stereocenters. The first kappa shape index (κ1) is 15.1. The molecule has 0 aliphatic heterocycles. The Morgan fingerprint density at radius 2 is 2.05 bits per heavy atom. The highest BCUT2D eigenvalue weighted by atomic mass is 35.5. The fraction of sp³-hybridized carbons (Fsp3) is 0.0714. The first-order valence-electron chi connectivity index (χ1n) is 5.84. The molecular formula is C14H9Cl2N3O2. The predicted molar refractivity (Wildman–Crippen MR) is 79.8 cm³/mol. The van der Waals surface area contributed by atoms with E-state index in [1.165, 1.54) is 12.1 Å². The number of amides is 1. The fourth-order valence-electron chi connectivity index (χ4n) is 1.56. The summed E-state index contributed by atoms with van der Waals surface area (Å²) in [5.74, 6) is -0.138. The minimum absolute atomic E-state index is 0.0132. The summed E-state index contributed by atoms with van der Waals surface area (Å²) in [5, 5.41) is 11.5. The number of nitriles is 1. The van der Waals surface area contributed by atoms with Crippen molar-refractivity contribution in [1.29, 1.82) is 5.26 Å². The van der Waals surface area contributed by atoms with Crippen molar-refractivity contribution in [2.24, 2.45) is 0 Å². The summed E-state index contributed by atoms with van der Waals surface area (Å²) in [7, 11) is 0. The van der Waals surface area contributed by atoms with Gasteiger partial charge < -0.3 is 10.1 Å². The number of hydrogen-bond acceptors (Lipinski definition) is 4. The minimum atomic E-state index is -0.518. The van der Waals surface area contributed by atoms with E-state index in [9.17, 15) is 4.79 Å². The maximum Gasteiger partial charge on any atom is 0.275 e. The second-order valence-electron chi connectivity index (χ2n) is 3.86. The lowest BCUT2D eigenvalue weighted by atomic mass is 10.2. The van der Waals surface area contributed by atoms with Gasteiger partial charge in [-0.05, 0) is 24.3 Å². The van der Waals surface area contributed by atoms with Crippen LogP contribution in [-0.2, 0) is 0 Å². The molecule has 1 aromatic carbocycles. The molecule has 0 fully saturated rings. The standard InChI is InChI=1S/C14H9Cl2N3O2/c15-9-5-6-12(16)19-13(9)14(20)18-10-3-1-2-4-11(10)21-8-7-17/h1-6H,8H2,(H,18,20). The maximum absolute atomic E-state index is 12.2. The molecule has 0 saturated carbocycles. The highest BCUT2D eigenvalue weighted by molar-refractivity contribution is 6.35. The van der Waals surface area contributed by atoms with Gasteiger partial charge in [-0.15, -0.1) is 0 Å². The van der Waals surface area contributed by atoms with Gasteiger partial charge >= 0.3 is 0 Å². The number of nitrogens with one attached hydrogen (secondary N) is 1. The van der Waals surface area contributed by atoms with Gasteiger partial charge in [0.15, 0.2) is 6.61 Å². The van der Waals surface area contributed by atoms with Gasteiger partial charge in [0.2, 0.25) is 0 Å². The molecule has 5 nitrogen and oxygen atoms in total. The van der Waals surface area contributed by atoms with E-state index in [-0.39, 0.29) is 22.5 Å². The molecule has 0 bridgehead atoms. The Kier molecular flexibility index (Phi) is 4.99. The average Bonchev–Trinajstić information content (AvgIpc) is 2.48. The molecule has 0 radical (unpaired) electrons. The van der Waals surface area contributed by atoms with Crippen LogP contribution in [0.1, 0.15) is 10.5 Å². The third kappa shape index (κ3) is 3.85. The third-order valence-electron chi connectivity index (χ3n) is 2.45. The quantitative estimate of drug-likeness (QED) is 0.874. The van der Waals surface area contributed by atoms with Crippen molar-refractivity contribution in [2.45, 2.75) is 0 Å². The number of rotatable bonds is 4. The lowest BCUT2D eigenvalue weighted by molar-refractivity contribution is 0.102. The largest absolute Gasteiger partial charge is 0.477 e. The van der Waals surface area contributed by atoms with Crippen LogP contribution in [0.15, 0.2) is 36.4 Å². The molecule has 0 aliphatic carbocycles. The number of ether oxygens (including phenoxy) is 1. The molecule has 0 aliphatic rings. The van der Waals surface area contributed by atoms with Crippen LogP contribution in [0, 0.1) is 11.3 Å². The van der Waals surface area contributed by atoms with Crippen LogP contribution in [0.5, 0.6) is 5.75 Å². The van der Waals surface area contributed by atoms with Gasteiger partial charge in [0.25, 0.3) is 5.91 Å². The molecule has 1 amide bonds. The summed E-state index contributed by atoms with van der Waals surface area (Å²) < 4.78 is 5.22. The summed E-state index contributed by atoms with van der Waals surface area (Å²) >= 11 is 11.7. The molecule has 0 spiro atoms. The molecule has 1 N–H and O–H groups in total. The van der Waals surface area contributed by atoms with Crippen LogP contribution in [-0.4, -0.2) is 17.5 Å². The van der Waals surface area contributed by atoms with Crippen LogP contribution in [0.2, 0.25) is 10.2 Å². The first-order valence-corrected chi connectivity index (χ1v) is 6.59. The number of carbonyl (C=O) groups is 1. The van der Waals surface area contributed by atoms with Crippen molar-refractivity contribution in [2.75, 3.05) is 11.9 Å². The SMILES string of the molecule is N#CCOc1ccccc1NC(=O)c1nc(Cl)ccc1Cl. The Bertz CT molecular complexity index is 714. The van der Waals surface area contributed by atoms with Crippen LogP contribution in [0.25, 0.3) is 0 Å². The molecule has 1 heterocycles. The van der Waals surface area contributed by atoms with Crippen LogP contribution in [0.3, 0.4) is 0 Å². The molecule has 7 heteroatoms. The Morgan fingerprint density at radius 1 is 1.29 bits per heavy atom. The molecule has 21 heavy (non-hydrogen) atoms. The van der Waals surface area contributed by atoms with Gasteiger partial charge in [0.05, 0.1) is 10.7 Å². The summed E-state index contributed by atoms with van der Waals surface area (Å²) in [6, 6.07) is 11.6. The van der Waals surface area contributed by atoms with E-state index in [0.717, 1.165) is 0 Å². The van der Waals surface area contributed by atoms with Gasteiger partial charge in [-0.2, -0.15) is 5.26 Å². The second kappa shape index (κ2) is 6.93. The lowest BCUT2D eigenvalue weighted by Crippen LogP contribution is -2.15. The average molecular weight is 322 g/mol. The van der Waals surface area contributed by atoms with Crippen molar-refractivity contribution in [3.63, 3.8) is 0 Å². The zero-order chi connectivity index (χ0) is 15.2. The Balaban J connectivity index is 2.24. The van der Waals surface area contributed by atoms with Crippen LogP contribution in [0.4, 0.5) is 5.69 Å². The number of halogens is 2. The number of para-hydroxylation sites is 2. The molecule has 1 aromatic heterocycles. The van der Waals surface area contributed by atoms with Crippen molar-refractivity contribution >= 4 is 34.8 Å². The molecule has 2 rings (SSSR count). The van der Waals surface area contributed by atoms with Gasteiger partial charge in [-0.3, -0.25) is 4.79 Å². The number of carbonyl (C=O) groups excluding carboxylic acids is 1. The van der Waals surface area contributed by atoms with Crippen LogP contribution < -0.4 is 10.1 Å². The van der Waals surface area contributed by atoms with Crippen molar-refractivity contribution in [3.8, 4) is 11.8 Å². The van der Waals surface area contributed by atoms with E-state index in [2.05, 4.69) is 10.3 Å². The topological polar surface area (TPSA) is 75.0 Å². The molecule has 106 valence electrons. The summed E-state index contributed by atoms with van der Waals surface area (Å²) in [6.45, 7) is -0.122. The number of pyridine rings is 1. The molecule has 0 unspecified atom stereocenters. The van der Waals surface area contributed by atoms with E-state index in [1.54, 1.807) is 24.3 Å². The van der Waals surface area contributed by atoms with Gasteiger partial charge in [0.1, 0.15) is 22.7 Å². The molecular weight excluding hydrogens is 313 g/mol. The summed E-state index contributed by atoms with van der Waals surface area (Å²) in [6.07, 6.45) is 0. The third-order valence-corrected chi connectivity index (χ3v) is 2.97. The van der Waals surface area contributed by atoms with E-state index in [4.69, 9.17) is 33.2 Å². The Hall–Kier alpha value is -2.29. The molecule has 2 aromatic rings. The number of aromatic nitrogens is 1. The smallest absolute Gasteiger partial charge is 0.275 e. The van der Waals surface area contributed by atoms with E-state index in [1.807, 2.05) is 6.07 Å². The van der Waals surface area contributed by atoms with Gasteiger partial charge in [-0.1, -0.05) is 35.3 Å². The number of nitrogens with zero attached hydrogens (tertiary/aromatic N) is 2. The van der Waals surface area contributed by atoms with Crippen molar-refractivity contribution in [1.82, 2.24) is 4.98 Å². The second-order valence-corrected chi connectivity index (χ2v) is 4.66. The number of benzene rings is 1. The highest BCUT2D eigenvalue weighted by Gasteiger charge is 2.15. The normalized spacial score (nSPS) is 9.76. The van der Waals surface area contributed by atoms with E-state index < -0.39 is 5.91 Å². The van der Waals surface area contributed by atoms with Gasteiger partial charge in [0, 0.05) is 0 Å². The Labute approximate surface area is 131 Å². The summed E-state index contributed by atoms with van der Waals surface area (Å²) in [4.78, 5) is 16.1. The first-order chi connectivity index (χ1) is 10.1. The maximum atomic E-state index is 12.2. The fourth-order valence-corrected chi connectivity index (χ4v) is 1.90. The highest BCUT2D eigenvalue weighted by Crippen LogP contribution is 2.25. The van der Waals surface area contributed by atoms with E-state index in [0.29, 0.717) is 11.4 Å². The number of anilines is 1. The lowest BCUT2D eigenvalue weighted by Gasteiger charge is -2.10. The van der Waals surface area contributed by atoms with Crippen molar-refractivity contribution < 1.29 is 9.53 Å². The zero-order valence-corrected chi connectivity index (χ0v) is 12.1. The van der Waals surface area contributed by atoms with E-state index >= 15 is 0 Å². The molecule has 0 saturated heterocycles.